The first-order chi connectivity index (χ1) is 23.1. The molecule has 0 N–H and O–H groups in total. The van der Waals surface area contributed by atoms with E-state index in [0.29, 0.717) is 44.4 Å². The minimum atomic E-state index is -0.876. The highest BCUT2D eigenvalue weighted by Crippen LogP contribution is 2.36. The Morgan fingerprint density at radius 2 is 1.73 bits per heavy atom. The average molecular weight is 787 g/mol. The molecular formula is C35H32FIN2O8S. The minimum absolute atomic E-state index is 0.138. The Balaban J connectivity index is 1.54. The molecule has 0 bridgehead atoms. The number of methoxy groups -OCH3 is 1. The van der Waals surface area contributed by atoms with Crippen molar-refractivity contribution in [3.05, 3.63) is 118 Å². The van der Waals surface area contributed by atoms with E-state index in [1.807, 2.05) is 18.2 Å². The van der Waals surface area contributed by atoms with Crippen molar-refractivity contribution < 1.29 is 37.7 Å². The molecular weight excluding hydrogens is 754 g/mol. The Kier molecular flexibility index (Phi) is 11.3. The van der Waals surface area contributed by atoms with Gasteiger partial charge in [0, 0.05) is 0 Å². The molecule has 250 valence electrons. The molecule has 0 radical (unpaired) electrons. The summed E-state index contributed by atoms with van der Waals surface area (Å²) in [6, 6.07) is 15.8. The normalized spacial score (nSPS) is 14.2. The van der Waals surface area contributed by atoms with E-state index in [1.54, 1.807) is 57.2 Å². The highest BCUT2D eigenvalue weighted by Gasteiger charge is 2.34. The van der Waals surface area contributed by atoms with Gasteiger partial charge in [-0.15, -0.1) is 0 Å². The van der Waals surface area contributed by atoms with Crippen molar-refractivity contribution >= 4 is 51.9 Å². The van der Waals surface area contributed by atoms with E-state index in [9.17, 15) is 18.8 Å². The molecule has 3 aromatic carbocycles. The van der Waals surface area contributed by atoms with Crippen molar-refractivity contribution in [2.75, 3.05) is 26.9 Å². The Bertz CT molecular complexity index is 2060. The average Bonchev–Trinajstić information content (AvgIpc) is 3.37. The van der Waals surface area contributed by atoms with Gasteiger partial charge in [0.15, 0.2) is 22.9 Å². The molecule has 13 heteroatoms. The quantitative estimate of drug-likeness (QED) is 0.145. The van der Waals surface area contributed by atoms with Crippen LogP contribution in [-0.4, -0.2) is 43.4 Å². The monoisotopic (exact) mass is 786 g/mol. The first-order valence-electron chi connectivity index (χ1n) is 15.0. The van der Waals surface area contributed by atoms with Crippen molar-refractivity contribution in [1.82, 2.24) is 4.57 Å². The summed E-state index contributed by atoms with van der Waals surface area (Å²) in [5, 5.41) is 0. The second-order valence-corrected chi connectivity index (χ2v) is 12.6. The van der Waals surface area contributed by atoms with Crippen LogP contribution >= 0.6 is 33.9 Å². The van der Waals surface area contributed by atoms with E-state index in [0.717, 1.165) is 14.7 Å². The Labute approximate surface area is 293 Å². The van der Waals surface area contributed by atoms with Gasteiger partial charge in [0.1, 0.15) is 18.2 Å². The Morgan fingerprint density at radius 3 is 2.42 bits per heavy atom. The van der Waals surface area contributed by atoms with Crippen LogP contribution in [0.15, 0.2) is 81.7 Å². The zero-order chi connectivity index (χ0) is 34.4. The van der Waals surface area contributed by atoms with Gasteiger partial charge in [-0.25, -0.2) is 19.0 Å². The summed E-state index contributed by atoms with van der Waals surface area (Å²) in [6.45, 7) is 5.62. The van der Waals surface area contributed by atoms with E-state index in [1.165, 1.54) is 35.1 Å². The SMILES string of the molecule is CCOC(=O)C1=C(C)N=c2s/c(=C\c3ccc(OCc4ccc(F)cc4)c(I)c3)c(=O)n2[C@H]1c1ccc(OCC(=O)OC)c(OCC)c1. The molecule has 10 nitrogen and oxygen atoms in total. The fourth-order valence-corrected chi connectivity index (χ4v) is 6.74. The molecule has 5 rings (SSSR count). The molecule has 1 aliphatic rings. The summed E-state index contributed by atoms with van der Waals surface area (Å²) in [7, 11) is 1.27. The van der Waals surface area contributed by atoms with E-state index in [-0.39, 0.29) is 36.8 Å². The van der Waals surface area contributed by atoms with Crippen LogP contribution in [0.25, 0.3) is 6.08 Å². The van der Waals surface area contributed by atoms with Crippen molar-refractivity contribution in [2.24, 2.45) is 4.99 Å². The predicted molar refractivity (Wildman–Crippen MR) is 185 cm³/mol. The van der Waals surface area contributed by atoms with Gasteiger partial charge in [-0.1, -0.05) is 35.6 Å². The fraction of sp³-hybridized carbons (Fsp3) is 0.257. The smallest absolute Gasteiger partial charge is 0.343 e. The van der Waals surface area contributed by atoms with Gasteiger partial charge >= 0.3 is 11.9 Å². The summed E-state index contributed by atoms with van der Waals surface area (Å²) in [4.78, 5) is 44.2. The van der Waals surface area contributed by atoms with Crippen LogP contribution in [0.4, 0.5) is 4.39 Å². The number of halogens is 2. The van der Waals surface area contributed by atoms with Gasteiger partial charge < -0.3 is 23.7 Å². The van der Waals surface area contributed by atoms with Gasteiger partial charge in [0.25, 0.3) is 5.56 Å². The van der Waals surface area contributed by atoms with Crippen LogP contribution in [0, 0.1) is 9.39 Å². The number of carbonyl (C=O) groups is 2. The molecule has 4 aromatic rings. The molecule has 48 heavy (non-hydrogen) atoms. The van der Waals surface area contributed by atoms with Crippen LogP contribution in [0.3, 0.4) is 0 Å². The number of rotatable bonds is 12. The van der Waals surface area contributed by atoms with Crippen molar-refractivity contribution in [1.29, 1.82) is 0 Å². The number of thiazole rings is 1. The Hall–Kier alpha value is -4.50. The standard InChI is InChI=1S/C35H32FIN2O8S/c1-5-44-28-17-23(10-14-27(28)47-19-30(40)43-4)32-31(34(42)45-6-2)20(3)38-35-39(32)33(41)29(48-35)16-22-9-13-26(25(37)15-22)46-18-21-7-11-24(36)12-8-21/h7-17,32H,5-6,18-19H2,1-4H3/b29-16-/t32-/m0/s1. The largest absolute Gasteiger partial charge is 0.490 e. The first kappa shape index (κ1) is 34.8. The fourth-order valence-electron chi connectivity index (χ4n) is 5.00. The van der Waals surface area contributed by atoms with Crippen molar-refractivity contribution in [3.63, 3.8) is 0 Å². The molecule has 0 saturated heterocycles. The molecule has 0 unspecified atom stereocenters. The number of allylic oxidation sites excluding steroid dienone is 1. The van der Waals surface area contributed by atoms with E-state index in [2.05, 4.69) is 32.3 Å². The Morgan fingerprint density at radius 1 is 0.979 bits per heavy atom. The lowest BCUT2D eigenvalue weighted by atomic mass is 9.95. The predicted octanol–water partition coefficient (Wildman–Crippen LogP) is 5.07. The summed E-state index contributed by atoms with van der Waals surface area (Å²) in [6.07, 6.45) is 1.77. The summed E-state index contributed by atoms with van der Waals surface area (Å²) < 4.78 is 43.5. The van der Waals surface area contributed by atoms with Gasteiger partial charge in [0.05, 0.1) is 45.7 Å². The van der Waals surface area contributed by atoms with Crippen LogP contribution < -0.4 is 29.1 Å². The third-order valence-electron chi connectivity index (χ3n) is 7.23. The molecule has 0 fully saturated rings. The van der Waals surface area contributed by atoms with E-state index < -0.39 is 18.0 Å². The van der Waals surface area contributed by atoms with Crippen LogP contribution in [0.2, 0.25) is 0 Å². The second kappa shape index (κ2) is 15.6. The van der Waals surface area contributed by atoms with Gasteiger partial charge in [-0.05, 0) is 103 Å². The van der Waals surface area contributed by atoms with Crippen molar-refractivity contribution in [2.45, 2.75) is 33.4 Å². The maximum absolute atomic E-state index is 14.1. The van der Waals surface area contributed by atoms with Gasteiger partial charge in [-0.3, -0.25) is 9.36 Å². The minimum Gasteiger partial charge on any atom is -0.490 e. The van der Waals surface area contributed by atoms with E-state index in [4.69, 9.17) is 18.9 Å². The summed E-state index contributed by atoms with van der Waals surface area (Å²) >= 11 is 3.37. The van der Waals surface area contributed by atoms with Crippen LogP contribution in [0.1, 0.15) is 43.5 Å². The number of esters is 2. The van der Waals surface area contributed by atoms with Gasteiger partial charge in [-0.2, -0.15) is 0 Å². The maximum atomic E-state index is 14.1. The molecule has 0 spiro atoms. The number of aromatic nitrogens is 1. The number of nitrogens with zero attached hydrogens (tertiary/aromatic N) is 2. The molecule has 0 saturated carbocycles. The zero-order valence-corrected chi connectivity index (χ0v) is 29.6. The number of fused-ring (bicyclic) bond motifs is 1. The number of hydrogen-bond donors (Lipinski definition) is 0. The molecule has 1 aliphatic heterocycles. The summed E-state index contributed by atoms with van der Waals surface area (Å²) in [5.74, 6) is -0.174. The van der Waals surface area contributed by atoms with Crippen molar-refractivity contribution in [3.8, 4) is 17.2 Å². The number of carbonyl (C=O) groups excluding carboxylic acids is 2. The summed E-state index contributed by atoms with van der Waals surface area (Å²) in [5.41, 5.74) is 2.47. The zero-order valence-electron chi connectivity index (χ0n) is 26.6. The highest BCUT2D eigenvalue weighted by atomic mass is 127. The maximum Gasteiger partial charge on any atom is 0.343 e. The second-order valence-electron chi connectivity index (χ2n) is 10.4. The third-order valence-corrected chi connectivity index (χ3v) is 9.06. The third kappa shape index (κ3) is 7.79. The lowest BCUT2D eigenvalue weighted by Gasteiger charge is -2.25. The lowest BCUT2D eigenvalue weighted by Crippen LogP contribution is -2.40. The lowest BCUT2D eigenvalue weighted by molar-refractivity contribution is -0.143. The first-order valence-corrected chi connectivity index (χ1v) is 16.9. The molecule has 0 amide bonds. The van der Waals surface area contributed by atoms with Crippen LogP contribution in [-0.2, 0) is 25.7 Å². The molecule has 0 aliphatic carbocycles. The van der Waals surface area contributed by atoms with Gasteiger partial charge in [0.2, 0.25) is 0 Å². The number of hydrogen-bond acceptors (Lipinski definition) is 10. The topological polar surface area (TPSA) is 115 Å². The number of ether oxygens (including phenoxy) is 5. The highest BCUT2D eigenvalue weighted by molar-refractivity contribution is 14.1. The molecule has 1 aromatic heterocycles. The van der Waals surface area contributed by atoms with Crippen LogP contribution in [0.5, 0.6) is 17.2 Å². The number of benzene rings is 3. The molecule has 2 heterocycles. The molecule has 1 atom stereocenters. The van der Waals surface area contributed by atoms with E-state index >= 15 is 0 Å².